The van der Waals surface area contributed by atoms with Crippen LogP contribution in [0.3, 0.4) is 0 Å². The molecule has 0 aliphatic rings. The van der Waals surface area contributed by atoms with Crippen LogP contribution in [0, 0.1) is 24.3 Å². The Balaban J connectivity index is 0.00000132. The Hall–Kier alpha value is -2.21. The van der Waals surface area contributed by atoms with Crippen LogP contribution in [0.1, 0.15) is 11.3 Å². The number of nitrogens with zero attached hydrogens (tertiary/aromatic N) is 3. The van der Waals surface area contributed by atoms with Gasteiger partial charge in [0.15, 0.2) is 0 Å². The van der Waals surface area contributed by atoms with Crippen LogP contribution in [0.4, 0.5) is 0 Å². The quantitative estimate of drug-likeness (QED) is 0.305. The van der Waals surface area contributed by atoms with Crippen LogP contribution < -0.4 is 0 Å². The summed E-state index contributed by atoms with van der Waals surface area (Å²) in [5.41, 5.74) is 3.44. The standard InChI is InChI=1S/C17H10N3.Ir/c1-11-6-7-14-15(8-11)13-4-2-3-5-16(13)20-10-12(9-18)19-17(14)20;/h2-6,8,10H,1H3;/q-1;. The predicted molar refractivity (Wildman–Crippen MR) is 78.5 cm³/mol. The SMILES string of the molecule is Cc1c[c-]c2c(c1)c1ccccc1n1cc(C#N)nc21.[Ir]. The Morgan fingerprint density at radius 2 is 2.05 bits per heavy atom. The normalized spacial score (nSPS) is 10.7. The van der Waals surface area contributed by atoms with Crippen molar-refractivity contribution in [3.05, 3.63) is 59.9 Å². The maximum absolute atomic E-state index is 9.09. The average molecular weight is 449 g/mol. The van der Waals surface area contributed by atoms with Crippen molar-refractivity contribution in [3.63, 3.8) is 0 Å². The Labute approximate surface area is 135 Å². The number of hydrogen-bond donors (Lipinski definition) is 0. The van der Waals surface area contributed by atoms with Gasteiger partial charge in [-0.25, -0.2) is 0 Å². The number of benzene rings is 2. The van der Waals surface area contributed by atoms with Crippen LogP contribution >= 0.6 is 0 Å². The number of imidazole rings is 1. The summed E-state index contributed by atoms with van der Waals surface area (Å²) in [6.45, 7) is 2.06. The Bertz CT molecular complexity index is 1020. The molecule has 4 heteroatoms. The van der Waals surface area contributed by atoms with Crippen molar-refractivity contribution in [2.45, 2.75) is 6.92 Å². The molecule has 21 heavy (non-hydrogen) atoms. The van der Waals surface area contributed by atoms with E-state index in [1.807, 2.05) is 28.7 Å². The third-order valence-corrected chi connectivity index (χ3v) is 3.58. The van der Waals surface area contributed by atoms with E-state index in [0.717, 1.165) is 27.3 Å². The molecule has 0 atom stereocenters. The van der Waals surface area contributed by atoms with E-state index in [2.05, 4.69) is 36.2 Å². The summed E-state index contributed by atoms with van der Waals surface area (Å²) in [7, 11) is 0. The minimum absolute atomic E-state index is 0. The molecule has 2 heterocycles. The summed E-state index contributed by atoms with van der Waals surface area (Å²) in [6.07, 6.45) is 1.78. The van der Waals surface area contributed by atoms with E-state index >= 15 is 0 Å². The van der Waals surface area contributed by atoms with Crippen LogP contribution in [-0.4, -0.2) is 9.38 Å². The van der Waals surface area contributed by atoms with Gasteiger partial charge in [-0.05, 0) is 11.5 Å². The zero-order valence-corrected chi connectivity index (χ0v) is 13.6. The van der Waals surface area contributed by atoms with Gasteiger partial charge in [-0.3, -0.25) is 4.98 Å². The zero-order valence-electron chi connectivity index (χ0n) is 11.2. The summed E-state index contributed by atoms with van der Waals surface area (Å²) >= 11 is 0. The van der Waals surface area contributed by atoms with E-state index in [9.17, 15) is 0 Å². The Morgan fingerprint density at radius 1 is 1.24 bits per heavy atom. The molecule has 4 aromatic rings. The van der Waals surface area contributed by atoms with Gasteiger partial charge in [-0.1, -0.05) is 30.5 Å². The predicted octanol–water partition coefficient (Wildman–Crippen LogP) is 3.62. The Morgan fingerprint density at radius 3 is 2.86 bits per heavy atom. The molecule has 0 fully saturated rings. The first kappa shape index (κ1) is 13.8. The molecule has 0 saturated heterocycles. The van der Waals surface area contributed by atoms with Crippen LogP contribution in [-0.2, 0) is 20.1 Å². The smallest absolute Gasteiger partial charge is 0.148 e. The second-order valence-corrected chi connectivity index (χ2v) is 4.91. The topological polar surface area (TPSA) is 41.1 Å². The number of rotatable bonds is 0. The molecule has 0 amide bonds. The molecule has 4 rings (SSSR count). The Kier molecular flexibility index (Phi) is 3.25. The largest absolute Gasteiger partial charge is 0.339 e. The van der Waals surface area contributed by atoms with Gasteiger partial charge in [-0.2, -0.15) is 5.26 Å². The van der Waals surface area contributed by atoms with E-state index in [4.69, 9.17) is 5.26 Å². The van der Waals surface area contributed by atoms with Crippen molar-refractivity contribution in [2.24, 2.45) is 0 Å². The van der Waals surface area contributed by atoms with Gasteiger partial charge in [0.25, 0.3) is 0 Å². The van der Waals surface area contributed by atoms with E-state index < -0.39 is 0 Å². The molecular weight excluding hydrogens is 438 g/mol. The van der Waals surface area contributed by atoms with E-state index in [0.29, 0.717) is 5.69 Å². The van der Waals surface area contributed by atoms with E-state index in [1.165, 1.54) is 5.56 Å². The van der Waals surface area contributed by atoms with Gasteiger partial charge >= 0.3 is 0 Å². The third kappa shape index (κ3) is 1.94. The van der Waals surface area contributed by atoms with E-state index in [-0.39, 0.29) is 20.1 Å². The average Bonchev–Trinajstić information content (AvgIpc) is 2.92. The van der Waals surface area contributed by atoms with Crippen LogP contribution in [0.15, 0.2) is 42.6 Å². The molecular formula is C17H10IrN3-. The molecule has 103 valence electrons. The number of nitriles is 1. The molecule has 0 bridgehead atoms. The van der Waals surface area contributed by atoms with Gasteiger partial charge in [0.05, 0.1) is 5.65 Å². The second kappa shape index (κ2) is 4.96. The summed E-state index contributed by atoms with van der Waals surface area (Å²) in [6, 6.07) is 17.7. The maximum atomic E-state index is 9.09. The molecule has 2 aromatic carbocycles. The summed E-state index contributed by atoms with van der Waals surface area (Å²) in [5.74, 6) is 0. The van der Waals surface area contributed by atoms with Crippen molar-refractivity contribution < 1.29 is 20.1 Å². The number of aromatic nitrogens is 2. The van der Waals surface area contributed by atoms with Gasteiger partial charge < -0.3 is 4.40 Å². The minimum Gasteiger partial charge on any atom is -0.339 e. The van der Waals surface area contributed by atoms with Crippen molar-refractivity contribution >= 4 is 27.3 Å². The van der Waals surface area contributed by atoms with Crippen molar-refractivity contribution in [1.29, 1.82) is 5.26 Å². The number of pyridine rings is 1. The van der Waals surface area contributed by atoms with Crippen molar-refractivity contribution in [2.75, 3.05) is 0 Å². The van der Waals surface area contributed by atoms with Crippen LogP contribution in [0.5, 0.6) is 0 Å². The fraction of sp³-hybridized carbons (Fsp3) is 0.0588. The minimum atomic E-state index is 0. The first-order valence-corrected chi connectivity index (χ1v) is 6.40. The molecule has 0 aliphatic carbocycles. The van der Waals surface area contributed by atoms with Gasteiger partial charge in [0, 0.05) is 31.8 Å². The molecule has 0 spiro atoms. The van der Waals surface area contributed by atoms with Crippen molar-refractivity contribution in [3.8, 4) is 6.07 Å². The fourth-order valence-electron chi connectivity index (χ4n) is 2.71. The molecule has 1 radical (unpaired) electrons. The molecule has 3 nitrogen and oxygen atoms in total. The van der Waals surface area contributed by atoms with Crippen LogP contribution in [0.2, 0.25) is 0 Å². The summed E-state index contributed by atoms with van der Waals surface area (Å²) in [4.78, 5) is 4.41. The molecule has 0 unspecified atom stereocenters. The third-order valence-electron chi connectivity index (χ3n) is 3.58. The fourth-order valence-corrected chi connectivity index (χ4v) is 2.71. The van der Waals surface area contributed by atoms with E-state index in [1.54, 1.807) is 6.20 Å². The van der Waals surface area contributed by atoms with Crippen LogP contribution in [0.25, 0.3) is 27.3 Å². The second-order valence-electron chi connectivity index (χ2n) is 4.91. The summed E-state index contributed by atoms with van der Waals surface area (Å²) in [5, 5.41) is 12.3. The maximum Gasteiger partial charge on any atom is 0.148 e. The number of fused-ring (bicyclic) bond motifs is 6. The number of aryl methyl sites for hydroxylation is 1. The van der Waals surface area contributed by atoms with Gasteiger partial charge in [0.1, 0.15) is 11.8 Å². The number of hydrogen-bond acceptors (Lipinski definition) is 2. The van der Waals surface area contributed by atoms with Crippen molar-refractivity contribution in [1.82, 2.24) is 9.38 Å². The van der Waals surface area contributed by atoms with Gasteiger partial charge in [-0.15, -0.1) is 29.1 Å². The molecule has 0 N–H and O–H groups in total. The summed E-state index contributed by atoms with van der Waals surface area (Å²) < 4.78 is 1.97. The zero-order chi connectivity index (χ0) is 13.7. The molecule has 2 aromatic heterocycles. The molecule has 0 aliphatic heterocycles. The monoisotopic (exact) mass is 449 g/mol. The first-order chi connectivity index (χ1) is 9.78. The van der Waals surface area contributed by atoms with Gasteiger partial charge in [0.2, 0.25) is 0 Å². The number of para-hydroxylation sites is 1. The first-order valence-electron chi connectivity index (χ1n) is 6.40. The molecule has 0 saturated carbocycles.